The first-order valence-electron chi connectivity index (χ1n) is 6.08. The molecule has 0 saturated carbocycles. The number of hydrogen-bond acceptors (Lipinski definition) is 2. The lowest BCUT2D eigenvalue weighted by atomic mass is 10.0. The maximum absolute atomic E-state index is 5.09. The summed E-state index contributed by atoms with van der Waals surface area (Å²) < 4.78 is 5.09. The Morgan fingerprint density at radius 1 is 1.25 bits per heavy atom. The van der Waals surface area contributed by atoms with Crippen molar-refractivity contribution in [2.75, 3.05) is 27.4 Å². The van der Waals surface area contributed by atoms with E-state index >= 15 is 0 Å². The SMILES string of the molecule is COCN(C)CCc1ccc2c(c1)CCC2. The van der Waals surface area contributed by atoms with E-state index in [0.29, 0.717) is 6.73 Å². The van der Waals surface area contributed by atoms with E-state index in [4.69, 9.17) is 4.74 Å². The summed E-state index contributed by atoms with van der Waals surface area (Å²) in [6, 6.07) is 6.99. The maximum Gasteiger partial charge on any atom is 0.0984 e. The molecule has 0 amide bonds. The van der Waals surface area contributed by atoms with Gasteiger partial charge in [0.2, 0.25) is 0 Å². The van der Waals surface area contributed by atoms with Gasteiger partial charge in [-0.2, -0.15) is 0 Å². The van der Waals surface area contributed by atoms with Crippen LogP contribution in [0.2, 0.25) is 0 Å². The Hall–Kier alpha value is -0.860. The molecule has 0 spiro atoms. The van der Waals surface area contributed by atoms with Gasteiger partial charge in [-0.15, -0.1) is 0 Å². The Kier molecular flexibility index (Phi) is 3.97. The summed E-state index contributed by atoms with van der Waals surface area (Å²) in [6.07, 6.45) is 5.01. The number of ether oxygens (including phenoxy) is 1. The molecule has 0 radical (unpaired) electrons. The van der Waals surface area contributed by atoms with Gasteiger partial charge in [0.05, 0.1) is 6.73 Å². The molecule has 0 fully saturated rings. The van der Waals surface area contributed by atoms with Gasteiger partial charge in [-0.3, -0.25) is 4.90 Å². The summed E-state index contributed by atoms with van der Waals surface area (Å²) in [6.45, 7) is 1.78. The number of methoxy groups -OCH3 is 1. The van der Waals surface area contributed by atoms with Crippen LogP contribution in [0, 0.1) is 0 Å². The maximum atomic E-state index is 5.09. The Bertz CT molecular complexity index is 349. The molecule has 1 aliphatic carbocycles. The van der Waals surface area contributed by atoms with Gasteiger partial charge in [0.15, 0.2) is 0 Å². The number of nitrogens with zero attached hydrogens (tertiary/aromatic N) is 1. The van der Waals surface area contributed by atoms with Crippen LogP contribution in [0.5, 0.6) is 0 Å². The van der Waals surface area contributed by atoms with E-state index in [0.717, 1.165) is 13.0 Å². The minimum Gasteiger partial charge on any atom is -0.369 e. The molecule has 1 aliphatic rings. The fourth-order valence-corrected chi connectivity index (χ4v) is 2.39. The van der Waals surface area contributed by atoms with Gasteiger partial charge in [-0.25, -0.2) is 0 Å². The summed E-state index contributed by atoms with van der Waals surface area (Å²) in [4.78, 5) is 2.20. The first-order chi connectivity index (χ1) is 7.79. The van der Waals surface area contributed by atoms with Crippen LogP contribution in [0.4, 0.5) is 0 Å². The molecule has 0 aromatic heterocycles. The highest BCUT2D eigenvalue weighted by atomic mass is 16.5. The first kappa shape index (κ1) is 11.6. The molecule has 16 heavy (non-hydrogen) atoms. The minimum atomic E-state index is 0.713. The number of hydrogen-bond donors (Lipinski definition) is 0. The zero-order valence-electron chi connectivity index (χ0n) is 10.3. The van der Waals surface area contributed by atoms with Gasteiger partial charge in [-0.1, -0.05) is 18.2 Å². The molecule has 0 N–H and O–H groups in total. The van der Waals surface area contributed by atoms with Crippen LogP contribution in [-0.2, 0) is 24.0 Å². The fourth-order valence-electron chi connectivity index (χ4n) is 2.39. The summed E-state index contributed by atoms with van der Waals surface area (Å²) in [5, 5.41) is 0. The monoisotopic (exact) mass is 219 g/mol. The van der Waals surface area contributed by atoms with Crippen LogP contribution < -0.4 is 0 Å². The normalized spacial score (nSPS) is 14.4. The highest BCUT2D eigenvalue weighted by Crippen LogP contribution is 2.22. The van der Waals surface area contributed by atoms with Crippen LogP contribution in [0.1, 0.15) is 23.1 Å². The van der Waals surface area contributed by atoms with E-state index in [1.165, 1.54) is 24.8 Å². The quantitative estimate of drug-likeness (QED) is 0.704. The second-order valence-corrected chi connectivity index (χ2v) is 4.70. The van der Waals surface area contributed by atoms with Crippen molar-refractivity contribution >= 4 is 0 Å². The van der Waals surface area contributed by atoms with Crippen LogP contribution in [-0.4, -0.2) is 32.3 Å². The molecule has 2 heteroatoms. The standard InChI is InChI=1S/C14H21NO/c1-15(11-16-2)9-8-12-6-7-13-4-3-5-14(13)10-12/h6-7,10H,3-5,8-9,11H2,1-2H3. The number of fused-ring (bicyclic) bond motifs is 1. The van der Waals surface area contributed by atoms with Crippen molar-refractivity contribution in [1.29, 1.82) is 0 Å². The number of rotatable bonds is 5. The van der Waals surface area contributed by atoms with Gasteiger partial charge in [0, 0.05) is 13.7 Å². The van der Waals surface area contributed by atoms with Crippen molar-refractivity contribution in [2.24, 2.45) is 0 Å². The zero-order valence-corrected chi connectivity index (χ0v) is 10.3. The number of aryl methyl sites for hydroxylation is 2. The first-order valence-corrected chi connectivity index (χ1v) is 6.08. The van der Waals surface area contributed by atoms with Gasteiger partial charge in [0.1, 0.15) is 0 Å². The fraction of sp³-hybridized carbons (Fsp3) is 0.571. The molecule has 0 saturated heterocycles. The van der Waals surface area contributed by atoms with Crippen LogP contribution in [0.3, 0.4) is 0 Å². The Labute approximate surface area is 98.2 Å². The van der Waals surface area contributed by atoms with Crippen molar-refractivity contribution < 1.29 is 4.74 Å². The summed E-state index contributed by atoms with van der Waals surface area (Å²) in [5.41, 5.74) is 4.60. The van der Waals surface area contributed by atoms with E-state index in [1.807, 2.05) is 0 Å². The molecule has 0 bridgehead atoms. The summed E-state index contributed by atoms with van der Waals surface area (Å²) in [7, 11) is 3.84. The van der Waals surface area contributed by atoms with Crippen LogP contribution in [0.25, 0.3) is 0 Å². The zero-order chi connectivity index (χ0) is 11.4. The minimum absolute atomic E-state index is 0.713. The lowest BCUT2D eigenvalue weighted by Gasteiger charge is -2.15. The van der Waals surface area contributed by atoms with Gasteiger partial charge < -0.3 is 4.74 Å². The predicted octanol–water partition coefficient (Wildman–Crippen LogP) is 2.25. The summed E-state index contributed by atoms with van der Waals surface area (Å²) in [5.74, 6) is 0. The predicted molar refractivity (Wildman–Crippen MR) is 66.7 cm³/mol. The smallest absolute Gasteiger partial charge is 0.0984 e. The third-order valence-electron chi connectivity index (χ3n) is 3.29. The van der Waals surface area contributed by atoms with E-state index in [1.54, 1.807) is 18.2 Å². The molecule has 0 atom stereocenters. The molecule has 2 nitrogen and oxygen atoms in total. The largest absolute Gasteiger partial charge is 0.369 e. The number of benzene rings is 1. The molecule has 0 aliphatic heterocycles. The topological polar surface area (TPSA) is 12.5 Å². The second-order valence-electron chi connectivity index (χ2n) is 4.70. The molecule has 0 unspecified atom stereocenters. The molecular formula is C14H21NO. The van der Waals surface area contributed by atoms with E-state index in [9.17, 15) is 0 Å². The van der Waals surface area contributed by atoms with Crippen LogP contribution in [0.15, 0.2) is 18.2 Å². The average Bonchev–Trinajstić information content (AvgIpc) is 2.74. The van der Waals surface area contributed by atoms with Gasteiger partial charge >= 0.3 is 0 Å². The van der Waals surface area contributed by atoms with Gasteiger partial charge in [0.25, 0.3) is 0 Å². The molecular weight excluding hydrogens is 198 g/mol. The van der Waals surface area contributed by atoms with Crippen molar-refractivity contribution in [3.05, 3.63) is 34.9 Å². The second kappa shape index (κ2) is 5.46. The van der Waals surface area contributed by atoms with Crippen molar-refractivity contribution in [3.63, 3.8) is 0 Å². The molecule has 1 aromatic carbocycles. The third-order valence-corrected chi connectivity index (χ3v) is 3.29. The average molecular weight is 219 g/mol. The lowest BCUT2D eigenvalue weighted by Crippen LogP contribution is -2.23. The molecule has 0 heterocycles. The van der Waals surface area contributed by atoms with Crippen molar-refractivity contribution in [2.45, 2.75) is 25.7 Å². The Morgan fingerprint density at radius 3 is 2.88 bits per heavy atom. The van der Waals surface area contributed by atoms with E-state index in [2.05, 4.69) is 30.1 Å². The van der Waals surface area contributed by atoms with Crippen LogP contribution >= 0.6 is 0 Å². The molecule has 88 valence electrons. The van der Waals surface area contributed by atoms with E-state index in [-0.39, 0.29) is 0 Å². The Morgan fingerprint density at radius 2 is 2.06 bits per heavy atom. The van der Waals surface area contributed by atoms with E-state index < -0.39 is 0 Å². The number of likely N-dealkylation sites (N-methyl/N-ethyl adjacent to an activating group) is 1. The van der Waals surface area contributed by atoms with Crippen molar-refractivity contribution in [3.8, 4) is 0 Å². The highest BCUT2D eigenvalue weighted by molar-refractivity contribution is 5.35. The Balaban J connectivity index is 1.90. The van der Waals surface area contributed by atoms with Crippen molar-refractivity contribution in [1.82, 2.24) is 4.90 Å². The van der Waals surface area contributed by atoms with Gasteiger partial charge in [-0.05, 0) is 49.4 Å². The molecule has 2 rings (SSSR count). The summed E-state index contributed by atoms with van der Waals surface area (Å²) >= 11 is 0. The lowest BCUT2D eigenvalue weighted by molar-refractivity contribution is 0.0827. The molecule has 1 aromatic rings. The highest BCUT2D eigenvalue weighted by Gasteiger charge is 2.10. The third kappa shape index (κ3) is 2.83.